The smallest absolute Gasteiger partial charge is 0.274 e. The van der Waals surface area contributed by atoms with Gasteiger partial charge in [0.05, 0.1) is 22.4 Å². The zero-order valence-corrected chi connectivity index (χ0v) is 15.9. The first-order valence-electron chi connectivity index (χ1n) is 9.71. The van der Waals surface area contributed by atoms with Gasteiger partial charge in [0, 0.05) is 17.9 Å². The maximum absolute atomic E-state index is 13.2. The number of allylic oxidation sites excluding steroid dienone is 4. The van der Waals surface area contributed by atoms with Gasteiger partial charge in [-0.3, -0.25) is 19.7 Å². The maximum Gasteiger partial charge on any atom is 0.288 e. The Hall–Kier alpha value is -2.47. The zero-order chi connectivity index (χ0) is 19.6. The van der Waals surface area contributed by atoms with Gasteiger partial charge in [0.15, 0.2) is 0 Å². The topological polar surface area (TPSA) is 80.5 Å². The number of amides is 2. The molecule has 144 valence electrons. The first-order chi connectivity index (χ1) is 13.5. The number of hydrogen-bond donors (Lipinski definition) is 0. The molecule has 0 unspecified atom stereocenters. The fourth-order valence-electron chi connectivity index (χ4n) is 5.54. The second-order valence-electron chi connectivity index (χ2n) is 8.01. The molecular weight excluding hydrogens is 380 g/mol. The van der Waals surface area contributed by atoms with E-state index in [0.717, 1.165) is 12.8 Å². The first-order valence-corrected chi connectivity index (χ1v) is 10.1. The Labute approximate surface area is 167 Å². The standard InChI is InChI=1S/C21H19ClN2O4/c22-15-10-12(6-9-16(15)24(27)28)23-20(25)18-13-7-8-14(19(18)21(23)26)17(13)11-4-2-1-3-5-11/h6-10,13-14,18-19H,1-5H2/t13-,14-,18+,19+/m1/s1. The van der Waals surface area contributed by atoms with Crippen LogP contribution in [0.2, 0.25) is 5.02 Å². The van der Waals surface area contributed by atoms with E-state index in [9.17, 15) is 19.7 Å². The van der Waals surface area contributed by atoms with E-state index in [2.05, 4.69) is 12.2 Å². The molecule has 0 radical (unpaired) electrons. The van der Waals surface area contributed by atoms with Crippen LogP contribution in [0.15, 0.2) is 41.5 Å². The fraction of sp³-hybridized carbons (Fsp3) is 0.429. The summed E-state index contributed by atoms with van der Waals surface area (Å²) in [5.41, 5.74) is 2.84. The third-order valence-corrected chi connectivity index (χ3v) is 6.97. The molecule has 0 spiro atoms. The summed E-state index contributed by atoms with van der Waals surface area (Å²) in [5.74, 6) is -1.13. The van der Waals surface area contributed by atoms with Gasteiger partial charge >= 0.3 is 0 Å². The Morgan fingerprint density at radius 2 is 1.61 bits per heavy atom. The molecule has 2 amide bonds. The summed E-state index contributed by atoms with van der Waals surface area (Å²) >= 11 is 6.00. The summed E-state index contributed by atoms with van der Waals surface area (Å²) < 4.78 is 0. The van der Waals surface area contributed by atoms with Gasteiger partial charge in [0.25, 0.3) is 5.69 Å². The maximum atomic E-state index is 13.2. The van der Waals surface area contributed by atoms with Crippen LogP contribution < -0.4 is 4.90 Å². The highest BCUT2D eigenvalue weighted by Crippen LogP contribution is 2.58. The summed E-state index contributed by atoms with van der Waals surface area (Å²) in [6.45, 7) is 0. The third kappa shape index (κ3) is 2.33. The molecule has 3 fully saturated rings. The molecular formula is C21H19ClN2O4. The Balaban J connectivity index is 1.50. The van der Waals surface area contributed by atoms with Gasteiger partial charge in [-0.2, -0.15) is 0 Å². The van der Waals surface area contributed by atoms with E-state index < -0.39 is 4.92 Å². The number of anilines is 1. The number of hydrogen-bond acceptors (Lipinski definition) is 4. The minimum Gasteiger partial charge on any atom is -0.274 e. The van der Waals surface area contributed by atoms with Crippen molar-refractivity contribution in [3.05, 3.63) is 56.6 Å². The molecule has 6 nitrogen and oxygen atoms in total. The van der Waals surface area contributed by atoms with Gasteiger partial charge in [-0.15, -0.1) is 0 Å². The Bertz CT molecular complexity index is 941. The summed E-state index contributed by atoms with van der Waals surface area (Å²) in [5, 5.41) is 10.9. The number of carbonyl (C=O) groups excluding carboxylic acids is 2. The van der Waals surface area contributed by atoms with Crippen LogP contribution in [0.3, 0.4) is 0 Å². The molecule has 1 aliphatic heterocycles. The lowest BCUT2D eigenvalue weighted by atomic mass is 9.85. The summed E-state index contributed by atoms with van der Waals surface area (Å²) in [6.07, 6.45) is 9.96. The van der Waals surface area contributed by atoms with Gasteiger partial charge in [-0.1, -0.05) is 41.3 Å². The van der Waals surface area contributed by atoms with Crippen molar-refractivity contribution in [2.24, 2.45) is 23.7 Å². The van der Waals surface area contributed by atoms with Crippen molar-refractivity contribution in [2.75, 3.05) is 4.90 Å². The fourth-order valence-corrected chi connectivity index (χ4v) is 5.78. The molecule has 1 saturated heterocycles. The monoisotopic (exact) mass is 398 g/mol. The Morgan fingerprint density at radius 1 is 1.00 bits per heavy atom. The number of carbonyl (C=O) groups is 2. The van der Waals surface area contributed by atoms with Crippen molar-refractivity contribution in [1.82, 2.24) is 0 Å². The highest BCUT2D eigenvalue weighted by molar-refractivity contribution is 6.33. The largest absolute Gasteiger partial charge is 0.288 e. The highest BCUT2D eigenvalue weighted by Gasteiger charge is 2.62. The average molecular weight is 399 g/mol. The Morgan fingerprint density at radius 3 is 2.14 bits per heavy atom. The summed E-state index contributed by atoms with van der Waals surface area (Å²) in [4.78, 5) is 38.0. The van der Waals surface area contributed by atoms with E-state index in [-0.39, 0.29) is 46.2 Å². The predicted molar refractivity (Wildman–Crippen MR) is 104 cm³/mol. The minimum atomic E-state index is -0.582. The number of nitrogens with zero attached hydrogens (tertiary/aromatic N) is 2. The van der Waals surface area contributed by atoms with Crippen molar-refractivity contribution in [1.29, 1.82) is 0 Å². The lowest BCUT2D eigenvalue weighted by Crippen LogP contribution is -2.33. The molecule has 4 atom stereocenters. The van der Waals surface area contributed by atoms with E-state index in [1.807, 2.05) is 0 Å². The van der Waals surface area contributed by atoms with Gasteiger partial charge in [0.2, 0.25) is 11.8 Å². The molecule has 5 rings (SSSR count). The van der Waals surface area contributed by atoms with Crippen molar-refractivity contribution >= 4 is 34.8 Å². The molecule has 3 aliphatic carbocycles. The van der Waals surface area contributed by atoms with Crippen LogP contribution in [-0.2, 0) is 9.59 Å². The predicted octanol–water partition coefficient (Wildman–Crippen LogP) is 4.43. The van der Waals surface area contributed by atoms with Crippen LogP contribution in [0.4, 0.5) is 11.4 Å². The Kier molecular flexibility index (Phi) is 3.95. The van der Waals surface area contributed by atoms with Crippen LogP contribution in [0.5, 0.6) is 0 Å². The van der Waals surface area contributed by atoms with E-state index in [1.165, 1.54) is 53.5 Å². The van der Waals surface area contributed by atoms with E-state index in [1.54, 1.807) is 0 Å². The second-order valence-corrected chi connectivity index (χ2v) is 8.42. The number of benzene rings is 1. The van der Waals surface area contributed by atoms with E-state index in [4.69, 9.17) is 11.6 Å². The van der Waals surface area contributed by atoms with E-state index in [0.29, 0.717) is 5.69 Å². The SMILES string of the molecule is O=C1[C@@H]2[C@@H](C(=O)N1c1ccc([N+](=O)[O-])c(Cl)c1)[C@@H]1C=C[C@@H]2C1=C1CCCCC1. The normalized spacial score (nSPS) is 31.1. The lowest BCUT2D eigenvalue weighted by Gasteiger charge is -2.23. The van der Waals surface area contributed by atoms with Gasteiger partial charge < -0.3 is 0 Å². The lowest BCUT2D eigenvalue weighted by molar-refractivity contribution is -0.384. The number of rotatable bonds is 2. The average Bonchev–Trinajstić information content (AvgIpc) is 3.32. The summed E-state index contributed by atoms with van der Waals surface area (Å²) in [7, 11) is 0. The molecule has 0 N–H and O–H groups in total. The number of halogens is 1. The molecule has 4 aliphatic rings. The molecule has 2 bridgehead atoms. The van der Waals surface area contributed by atoms with E-state index >= 15 is 0 Å². The quantitative estimate of drug-likeness (QED) is 0.319. The molecule has 7 heteroatoms. The third-order valence-electron chi connectivity index (χ3n) is 6.67. The van der Waals surface area contributed by atoms with Crippen LogP contribution in [0, 0.1) is 33.8 Å². The van der Waals surface area contributed by atoms with Crippen molar-refractivity contribution < 1.29 is 14.5 Å². The van der Waals surface area contributed by atoms with Gasteiger partial charge in [0.1, 0.15) is 5.02 Å². The van der Waals surface area contributed by atoms with Crippen molar-refractivity contribution in [3.8, 4) is 0 Å². The number of nitro benzene ring substituents is 1. The van der Waals surface area contributed by atoms with Gasteiger partial charge in [-0.25, -0.2) is 4.90 Å². The number of fused-ring (bicyclic) bond motifs is 5. The van der Waals surface area contributed by atoms with Crippen LogP contribution in [0.1, 0.15) is 32.1 Å². The highest BCUT2D eigenvalue weighted by atomic mass is 35.5. The molecule has 0 aromatic heterocycles. The minimum absolute atomic E-state index is 0.0121. The molecule has 1 aromatic rings. The second kappa shape index (κ2) is 6.27. The number of nitro groups is 1. The van der Waals surface area contributed by atoms with Crippen molar-refractivity contribution in [2.45, 2.75) is 32.1 Å². The number of imide groups is 1. The first kappa shape index (κ1) is 17.6. The molecule has 1 aromatic carbocycles. The van der Waals surface area contributed by atoms with Crippen LogP contribution in [0.25, 0.3) is 0 Å². The summed E-state index contributed by atoms with van der Waals surface area (Å²) in [6, 6.07) is 4.01. The van der Waals surface area contributed by atoms with Crippen LogP contribution in [-0.4, -0.2) is 16.7 Å². The van der Waals surface area contributed by atoms with Gasteiger partial charge in [-0.05, 0) is 37.8 Å². The zero-order valence-electron chi connectivity index (χ0n) is 15.1. The van der Waals surface area contributed by atoms with Crippen LogP contribution >= 0.6 is 11.6 Å². The van der Waals surface area contributed by atoms with Crippen molar-refractivity contribution in [3.63, 3.8) is 0 Å². The molecule has 28 heavy (non-hydrogen) atoms. The molecule has 1 heterocycles. The molecule has 2 saturated carbocycles.